The van der Waals surface area contributed by atoms with Gasteiger partial charge in [0.25, 0.3) is 5.91 Å². The van der Waals surface area contributed by atoms with Gasteiger partial charge in [0.2, 0.25) is 0 Å². The molecule has 0 saturated heterocycles. The molecule has 0 aromatic carbocycles. The molecule has 1 amide bonds. The van der Waals surface area contributed by atoms with E-state index in [1.165, 1.54) is 0 Å². The maximum Gasteiger partial charge on any atom is 0.273 e. The van der Waals surface area contributed by atoms with E-state index in [2.05, 4.69) is 31.4 Å². The molecular weight excluding hydrogens is 308 g/mol. The van der Waals surface area contributed by atoms with Crippen molar-refractivity contribution in [3.8, 4) is 0 Å². The zero-order valence-electron chi connectivity index (χ0n) is 10.8. The quantitative estimate of drug-likeness (QED) is 0.911. The molecule has 3 rings (SSSR count). The molecular formula is C13H15BrN4O. The Bertz CT molecular complexity index is 639. The first-order valence-electron chi connectivity index (χ1n) is 6.26. The smallest absolute Gasteiger partial charge is 0.273 e. The molecule has 0 aliphatic heterocycles. The third-order valence-electron chi connectivity index (χ3n) is 3.47. The number of nitrogens with one attached hydrogen (secondary N) is 2. The van der Waals surface area contributed by atoms with Crippen LogP contribution < -0.4 is 5.32 Å². The summed E-state index contributed by atoms with van der Waals surface area (Å²) in [6.45, 7) is 3.87. The van der Waals surface area contributed by atoms with Crippen molar-refractivity contribution in [3.63, 3.8) is 0 Å². The Morgan fingerprint density at radius 3 is 2.84 bits per heavy atom. The molecule has 2 N–H and O–H groups in total. The molecule has 100 valence electrons. The fourth-order valence-electron chi connectivity index (χ4n) is 2.06. The Labute approximate surface area is 119 Å². The van der Waals surface area contributed by atoms with E-state index in [-0.39, 0.29) is 5.91 Å². The molecule has 0 atom stereocenters. The standard InChI is InChI=1S/C13H15BrN4O/c1-7-8(2)16-17-12(7)15-13(19)11-5-9(14)6-18(11)10-3-4-10/h5-6,10H,3-4H2,1-2H3,(H2,15,16,17,19). The van der Waals surface area contributed by atoms with Gasteiger partial charge in [-0.1, -0.05) is 0 Å². The van der Waals surface area contributed by atoms with Gasteiger partial charge in [0, 0.05) is 28.0 Å². The average Bonchev–Trinajstić information content (AvgIpc) is 3.09. The first kappa shape index (κ1) is 12.5. The third-order valence-corrected chi connectivity index (χ3v) is 3.91. The van der Waals surface area contributed by atoms with Crippen LogP contribution in [0.5, 0.6) is 0 Å². The number of aryl methyl sites for hydroxylation is 1. The second-order valence-electron chi connectivity index (χ2n) is 4.96. The summed E-state index contributed by atoms with van der Waals surface area (Å²) in [5.74, 6) is 0.481. The van der Waals surface area contributed by atoms with E-state index >= 15 is 0 Å². The topological polar surface area (TPSA) is 62.7 Å². The number of aromatic amines is 1. The minimum atomic E-state index is -0.118. The maximum atomic E-state index is 12.3. The molecule has 2 aromatic rings. The van der Waals surface area contributed by atoms with Gasteiger partial charge < -0.3 is 9.88 Å². The highest BCUT2D eigenvalue weighted by molar-refractivity contribution is 9.10. The molecule has 1 aliphatic rings. The zero-order valence-corrected chi connectivity index (χ0v) is 12.4. The van der Waals surface area contributed by atoms with Crippen molar-refractivity contribution < 1.29 is 4.79 Å². The summed E-state index contributed by atoms with van der Waals surface area (Å²) in [6, 6.07) is 2.32. The van der Waals surface area contributed by atoms with Crippen molar-refractivity contribution in [2.75, 3.05) is 5.32 Å². The van der Waals surface area contributed by atoms with Gasteiger partial charge >= 0.3 is 0 Å². The zero-order chi connectivity index (χ0) is 13.6. The number of amides is 1. The molecule has 0 spiro atoms. The minimum Gasteiger partial charge on any atom is -0.339 e. The van der Waals surface area contributed by atoms with Gasteiger partial charge in [-0.3, -0.25) is 9.89 Å². The summed E-state index contributed by atoms with van der Waals surface area (Å²) in [5, 5.41) is 9.83. The van der Waals surface area contributed by atoms with Crippen LogP contribution in [0, 0.1) is 13.8 Å². The molecule has 5 nitrogen and oxygen atoms in total. The Kier molecular flexibility index (Phi) is 2.97. The second kappa shape index (κ2) is 4.52. The fraction of sp³-hybridized carbons (Fsp3) is 0.385. The maximum absolute atomic E-state index is 12.3. The number of nitrogens with zero attached hydrogens (tertiary/aromatic N) is 2. The summed E-state index contributed by atoms with van der Waals surface area (Å²) >= 11 is 3.43. The summed E-state index contributed by atoms with van der Waals surface area (Å²) in [7, 11) is 0. The van der Waals surface area contributed by atoms with Gasteiger partial charge in [0.1, 0.15) is 5.69 Å². The van der Waals surface area contributed by atoms with Gasteiger partial charge in [-0.05, 0) is 48.7 Å². The molecule has 2 heterocycles. The van der Waals surface area contributed by atoms with E-state index in [9.17, 15) is 4.79 Å². The molecule has 0 bridgehead atoms. The molecule has 1 aliphatic carbocycles. The summed E-state index contributed by atoms with van der Waals surface area (Å²) in [5.41, 5.74) is 2.61. The monoisotopic (exact) mass is 322 g/mol. The van der Waals surface area contributed by atoms with Crippen molar-refractivity contribution >= 4 is 27.7 Å². The van der Waals surface area contributed by atoms with Crippen LogP contribution in [-0.4, -0.2) is 20.7 Å². The highest BCUT2D eigenvalue weighted by atomic mass is 79.9. The lowest BCUT2D eigenvalue weighted by Gasteiger charge is -2.07. The minimum absolute atomic E-state index is 0.118. The van der Waals surface area contributed by atoms with E-state index in [0.29, 0.717) is 17.6 Å². The van der Waals surface area contributed by atoms with E-state index in [0.717, 1.165) is 28.6 Å². The molecule has 1 fully saturated rings. The Balaban J connectivity index is 1.86. The van der Waals surface area contributed by atoms with E-state index < -0.39 is 0 Å². The predicted octanol–water partition coefficient (Wildman–Crippen LogP) is 3.18. The number of aromatic nitrogens is 3. The molecule has 6 heteroatoms. The first-order valence-corrected chi connectivity index (χ1v) is 7.06. The van der Waals surface area contributed by atoms with Gasteiger partial charge in [-0.25, -0.2) is 0 Å². The largest absolute Gasteiger partial charge is 0.339 e. The number of H-pyrrole nitrogens is 1. The first-order chi connectivity index (χ1) is 9.06. The van der Waals surface area contributed by atoms with Gasteiger partial charge in [-0.15, -0.1) is 0 Å². The number of carbonyl (C=O) groups is 1. The molecule has 0 unspecified atom stereocenters. The number of hydrogen-bond acceptors (Lipinski definition) is 2. The van der Waals surface area contributed by atoms with Crippen molar-refractivity contribution in [3.05, 3.63) is 33.7 Å². The Morgan fingerprint density at radius 1 is 1.53 bits per heavy atom. The summed E-state index contributed by atoms with van der Waals surface area (Å²) < 4.78 is 2.97. The van der Waals surface area contributed by atoms with Crippen molar-refractivity contribution in [2.24, 2.45) is 0 Å². The van der Waals surface area contributed by atoms with Crippen LogP contribution in [-0.2, 0) is 0 Å². The lowest BCUT2D eigenvalue weighted by Crippen LogP contribution is -2.17. The third kappa shape index (κ3) is 2.32. The van der Waals surface area contributed by atoms with Crippen LogP contribution in [0.25, 0.3) is 0 Å². The highest BCUT2D eigenvalue weighted by Crippen LogP contribution is 2.37. The van der Waals surface area contributed by atoms with Crippen LogP contribution in [0.15, 0.2) is 16.7 Å². The van der Waals surface area contributed by atoms with Crippen LogP contribution >= 0.6 is 15.9 Å². The van der Waals surface area contributed by atoms with Gasteiger partial charge in [-0.2, -0.15) is 5.10 Å². The summed E-state index contributed by atoms with van der Waals surface area (Å²) in [4.78, 5) is 12.3. The van der Waals surface area contributed by atoms with Crippen molar-refractivity contribution in [1.29, 1.82) is 0 Å². The lowest BCUT2D eigenvalue weighted by atomic mass is 10.2. The number of hydrogen-bond donors (Lipinski definition) is 2. The van der Waals surface area contributed by atoms with E-state index in [1.54, 1.807) is 0 Å². The van der Waals surface area contributed by atoms with Gasteiger partial charge in [0.15, 0.2) is 5.82 Å². The second-order valence-corrected chi connectivity index (χ2v) is 5.87. The van der Waals surface area contributed by atoms with Crippen LogP contribution in [0.4, 0.5) is 5.82 Å². The Morgan fingerprint density at radius 2 is 2.26 bits per heavy atom. The number of rotatable bonds is 3. The number of halogens is 1. The molecule has 0 radical (unpaired) electrons. The molecule has 2 aromatic heterocycles. The predicted molar refractivity (Wildman–Crippen MR) is 76.4 cm³/mol. The van der Waals surface area contributed by atoms with Crippen molar-refractivity contribution in [1.82, 2.24) is 14.8 Å². The van der Waals surface area contributed by atoms with E-state index in [4.69, 9.17) is 0 Å². The number of anilines is 1. The summed E-state index contributed by atoms with van der Waals surface area (Å²) in [6.07, 6.45) is 4.25. The highest BCUT2D eigenvalue weighted by Gasteiger charge is 2.28. The number of carbonyl (C=O) groups excluding carboxylic acids is 1. The van der Waals surface area contributed by atoms with Gasteiger partial charge in [0.05, 0.1) is 0 Å². The normalized spacial score (nSPS) is 14.7. The molecule has 19 heavy (non-hydrogen) atoms. The van der Waals surface area contributed by atoms with Crippen LogP contribution in [0.2, 0.25) is 0 Å². The molecule has 1 saturated carbocycles. The lowest BCUT2D eigenvalue weighted by molar-refractivity contribution is 0.101. The van der Waals surface area contributed by atoms with Crippen LogP contribution in [0.3, 0.4) is 0 Å². The fourth-order valence-corrected chi connectivity index (χ4v) is 2.50. The van der Waals surface area contributed by atoms with E-state index in [1.807, 2.05) is 30.7 Å². The SMILES string of the molecule is Cc1[nH]nc(NC(=O)c2cc(Br)cn2C2CC2)c1C. The Hall–Kier alpha value is -1.56. The average molecular weight is 323 g/mol. The van der Waals surface area contributed by atoms with Crippen molar-refractivity contribution in [2.45, 2.75) is 32.7 Å². The van der Waals surface area contributed by atoms with Crippen LogP contribution in [0.1, 0.15) is 40.6 Å².